The number of fused-ring (bicyclic) bond motifs is 1. The van der Waals surface area contributed by atoms with Crippen molar-refractivity contribution in [2.24, 2.45) is 5.92 Å². The van der Waals surface area contributed by atoms with Gasteiger partial charge in [0.05, 0.1) is 12.8 Å². The van der Waals surface area contributed by atoms with Crippen LogP contribution >= 0.6 is 11.6 Å². The Hall–Kier alpha value is -1.40. The van der Waals surface area contributed by atoms with Gasteiger partial charge in [-0.15, -0.1) is 0 Å². The van der Waals surface area contributed by atoms with E-state index in [0.717, 1.165) is 6.42 Å². The van der Waals surface area contributed by atoms with Gasteiger partial charge in [0.25, 0.3) is 5.91 Å². The Bertz CT molecular complexity index is 558. The van der Waals surface area contributed by atoms with Gasteiger partial charge in [0.2, 0.25) is 5.28 Å². The van der Waals surface area contributed by atoms with Crippen molar-refractivity contribution in [2.45, 2.75) is 32.2 Å². The molecule has 0 aromatic carbocycles. The summed E-state index contributed by atoms with van der Waals surface area (Å²) < 4.78 is 5.44. The van der Waals surface area contributed by atoms with Crippen molar-refractivity contribution in [3.63, 3.8) is 0 Å². The molecule has 1 saturated heterocycles. The largest absolute Gasteiger partial charge is 0.378 e. The Morgan fingerprint density at radius 1 is 1.57 bits per heavy atom. The third kappa shape index (κ3) is 2.58. The van der Waals surface area contributed by atoms with E-state index >= 15 is 0 Å². The van der Waals surface area contributed by atoms with Gasteiger partial charge in [-0.05, 0) is 23.9 Å². The molecule has 6 nitrogen and oxygen atoms in total. The van der Waals surface area contributed by atoms with Gasteiger partial charge in [-0.1, -0.05) is 13.8 Å². The number of amides is 1. The molecular formula is C14H19ClN4O2. The van der Waals surface area contributed by atoms with Crippen molar-refractivity contribution < 1.29 is 9.53 Å². The number of rotatable bonds is 3. The van der Waals surface area contributed by atoms with Crippen LogP contribution in [0.2, 0.25) is 5.28 Å². The van der Waals surface area contributed by atoms with Gasteiger partial charge in [0, 0.05) is 19.6 Å². The minimum Gasteiger partial charge on any atom is -0.378 e. The number of aromatic nitrogens is 2. The maximum atomic E-state index is 12.9. The third-order valence-corrected chi connectivity index (χ3v) is 4.18. The lowest BCUT2D eigenvalue weighted by Crippen LogP contribution is -2.58. The summed E-state index contributed by atoms with van der Waals surface area (Å²) in [5.74, 6) is 1.17. The summed E-state index contributed by atoms with van der Waals surface area (Å²) in [5.41, 5.74) is -0.00986. The quantitative estimate of drug-likeness (QED) is 0.866. The highest BCUT2D eigenvalue weighted by atomic mass is 35.5. The number of ether oxygens (including phenoxy) is 1. The fourth-order valence-electron chi connectivity index (χ4n) is 2.73. The smallest absolute Gasteiger partial charge is 0.255 e. The molecule has 7 heteroatoms. The first-order valence-electron chi connectivity index (χ1n) is 7.22. The molecule has 1 spiro atoms. The van der Waals surface area contributed by atoms with Gasteiger partial charge in [0.15, 0.2) is 5.82 Å². The molecule has 0 bridgehead atoms. The highest BCUT2D eigenvalue weighted by Crippen LogP contribution is 2.38. The average molecular weight is 311 g/mol. The van der Waals surface area contributed by atoms with Gasteiger partial charge in [-0.25, -0.2) is 4.98 Å². The number of anilines is 2. The van der Waals surface area contributed by atoms with Gasteiger partial charge in [-0.2, -0.15) is 4.98 Å². The zero-order valence-corrected chi connectivity index (χ0v) is 13.0. The lowest BCUT2D eigenvalue weighted by Gasteiger charge is -2.40. The molecular weight excluding hydrogens is 292 g/mol. The van der Waals surface area contributed by atoms with E-state index in [1.54, 1.807) is 11.1 Å². The number of halogens is 1. The van der Waals surface area contributed by atoms with Crippen LogP contribution in [0.25, 0.3) is 0 Å². The molecule has 114 valence electrons. The zero-order chi connectivity index (χ0) is 15.0. The Kier molecular flexibility index (Phi) is 3.75. The van der Waals surface area contributed by atoms with Crippen LogP contribution in [0.15, 0.2) is 6.20 Å². The Morgan fingerprint density at radius 2 is 2.38 bits per heavy atom. The van der Waals surface area contributed by atoms with Crippen LogP contribution in [-0.2, 0) is 9.53 Å². The molecule has 2 aliphatic heterocycles. The minimum atomic E-state index is -0.707. The summed E-state index contributed by atoms with van der Waals surface area (Å²) in [6.45, 7) is 5.87. The predicted molar refractivity (Wildman–Crippen MR) is 80.6 cm³/mol. The second-order valence-electron chi connectivity index (χ2n) is 6.02. The van der Waals surface area contributed by atoms with Crippen LogP contribution in [-0.4, -0.2) is 41.2 Å². The first kappa shape index (κ1) is 14.5. The van der Waals surface area contributed by atoms with Gasteiger partial charge >= 0.3 is 0 Å². The van der Waals surface area contributed by atoms with E-state index in [4.69, 9.17) is 16.3 Å². The first-order valence-corrected chi connectivity index (χ1v) is 7.60. The summed E-state index contributed by atoms with van der Waals surface area (Å²) in [5, 5.41) is 3.40. The molecule has 1 fully saturated rings. The molecule has 0 aliphatic carbocycles. The van der Waals surface area contributed by atoms with Crippen molar-refractivity contribution in [1.82, 2.24) is 9.97 Å². The monoisotopic (exact) mass is 310 g/mol. The molecule has 3 heterocycles. The molecule has 2 aliphatic rings. The summed E-state index contributed by atoms with van der Waals surface area (Å²) in [7, 11) is 0. The normalized spacial score (nSPS) is 24.6. The highest BCUT2D eigenvalue weighted by molar-refractivity contribution is 6.28. The summed E-state index contributed by atoms with van der Waals surface area (Å²) in [6, 6.07) is 0. The van der Waals surface area contributed by atoms with E-state index in [9.17, 15) is 4.79 Å². The standard InChI is InChI=1S/C14H19ClN4O2/c1-9(2)3-5-19-10-7-16-13(15)17-11(10)18-14(12(19)20)4-6-21-8-14/h7,9H,3-6,8H2,1-2H3,(H,16,17,18). The molecule has 1 aromatic rings. The lowest BCUT2D eigenvalue weighted by atomic mass is 9.93. The Morgan fingerprint density at radius 3 is 3.05 bits per heavy atom. The van der Waals surface area contributed by atoms with E-state index in [2.05, 4.69) is 29.1 Å². The lowest BCUT2D eigenvalue weighted by molar-refractivity contribution is -0.123. The van der Waals surface area contributed by atoms with Crippen LogP contribution in [0.5, 0.6) is 0 Å². The third-order valence-electron chi connectivity index (χ3n) is 3.99. The number of carbonyl (C=O) groups excluding carboxylic acids is 1. The summed E-state index contributed by atoms with van der Waals surface area (Å²) in [4.78, 5) is 22.9. The van der Waals surface area contributed by atoms with Crippen LogP contribution in [0.3, 0.4) is 0 Å². The minimum absolute atomic E-state index is 0.0408. The fraction of sp³-hybridized carbons (Fsp3) is 0.643. The maximum absolute atomic E-state index is 12.9. The Labute approximate surface area is 128 Å². The number of hydrogen-bond donors (Lipinski definition) is 1. The van der Waals surface area contributed by atoms with E-state index < -0.39 is 5.54 Å². The highest BCUT2D eigenvalue weighted by Gasteiger charge is 2.49. The van der Waals surface area contributed by atoms with Crippen molar-refractivity contribution in [3.8, 4) is 0 Å². The number of nitrogens with zero attached hydrogens (tertiary/aromatic N) is 3. The van der Waals surface area contributed by atoms with Gasteiger partial charge in [-0.3, -0.25) is 4.79 Å². The number of nitrogens with one attached hydrogen (secondary N) is 1. The SMILES string of the molecule is CC(C)CCN1C(=O)C2(CCOC2)Nc2nc(Cl)ncc21. The molecule has 3 rings (SSSR count). The van der Waals surface area contributed by atoms with Crippen molar-refractivity contribution in [1.29, 1.82) is 0 Å². The topological polar surface area (TPSA) is 67.3 Å². The average Bonchev–Trinajstić information content (AvgIpc) is 2.89. The maximum Gasteiger partial charge on any atom is 0.255 e. The van der Waals surface area contributed by atoms with Gasteiger partial charge < -0.3 is 15.0 Å². The molecule has 0 saturated carbocycles. The van der Waals surface area contributed by atoms with Crippen LogP contribution in [0.4, 0.5) is 11.5 Å². The molecule has 1 N–H and O–H groups in total. The van der Waals surface area contributed by atoms with Crippen LogP contribution in [0, 0.1) is 5.92 Å². The second-order valence-corrected chi connectivity index (χ2v) is 6.36. The van der Waals surface area contributed by atoms with E-state index in [0.29, 0.717) is 43.6 Å². The number of carbonyl (C=O) groups is 1. The molecule has 1 amide bonds. The molecule has 1 aromatic heterocycles. The second kappa shape index (κ2) is 5.42. The first-order chi connectivity index (χ1) is 10.0. The van der Waals surface area contributed by atoms with Crippen molar-refractivity contribution in [3.05, 3.63) is 11.5 Å². The molecule has 21 heavy (non-hydrogen) atoms. The van der Waals surface area contributed by atoms with Crippen LogP contribution in [0.1, 0.15) is 26.7 Å². The summed E-state index contributed by atoms with van der Waals surface area (Å²) in [6.07, 6.45) is 3.17. The van der Waals surface area contributed by atoms with Crippen molar-refractivity contribution in [2.75, 3.05) is 30.0 Å². The predicted octanol–water partition coefficient (Wildman–Crippen LogP) is 2.09. The van der Waals surface area contributed by atoms with E-state index in [1.165, 1.54) is 0 Å². The summed E-state index contributed by atoms with van der Waals surface area (Å²) >= 11 is 5.89. The molecule has 0 radical (unpaired) electrons. The molecule has 1 unspecified atom stereocenters. The van der Waals surface area contributed by atoms with Gasteiger partial charge in [0.1, 0.15) is 11.2 Å². The van der Waals surface area contributed by atoms with E-state index in [-0.39, 0.29) is 11.2 Å². The van der Waals surface area contributed by atoms with E-state index in [1.807, 2.05) is 0 Å². The fourth-order valence-corrected chi connectivity index (χ4v) is 2.87. The zero-order valence-electron chi connectivity index (χ0n) is 12.2. The van der Waals surface area contributed by atoms with Crippen LogP contribution < -0.4 is 10.2 Å². The number of hydrogen-bond acceptors (Lipinski definition) is 5. The van der Waals surface area contributed by atoms with Crippen molar-refractivity contribution >= 4 is 29.0 Å². The molecule has 1 atom stereocenters. The Balaban J connectivity index is 1.98.